The highest BCUT2D eigenvalue weighted by molar-refractivity contribution is 5.97. The predicted molar refractivity (Wildman–Crippen MR) is 58.1 cm³/mol. The van der Waals surface area contributed by atoms with Crippen LogP contribution in [0.2, 0.25) is 0 Å². The van der Waals surface area contributed by atoms with Crippen molar-refractivity contribution in [3.63, 3.8) is 0 Å². The van der Waals surface area contributed by atoms with Crippen LogP contribution in [-0.2, 0) is 6.54 Å². The molecule has 0 saturated heterocycles. The van der Waals surface area contributed by atoms with Gasteiger partial charge in [-0.05, 0) is 12.5 Å². The molecule has 1 aromatic carbocycles. The smallest absolute Gasteiger partial charge is 0.166 e. The summed E-state index contributed by atoms with van der Waals surface area (Å²) in [5.41, 5.74) is 8.11. The lowest BCUT2D eigenvalue weighted by atomic mass is 10.0. The van der Waals surface area contributed by atoms with Gasteiger partial charge in [-0.3, -0.25) is 4.79 Å². The molecule has 1 aromatic rings. The van der Waals surface area contributed by atoms with Gasteiger partial charge in [-0.1, -0.05) is 36.4 Å². The van der Waals surface area contributed by atoms with Crippen molar-refractivity contribution in [3.8, 4) is 0 Å². The molecule has 0 saturated carbocycles. The Labute approximate surface area is 84.4 Å². The van der Waals surface area contributed by atoms with Gasteiger partial charge in [0.1, 0.15) is 0 Å². The van der Waals surface area contributed by atoms with Gasteiger partial charge in [0, 0.05) is 18.5 Å². The Kier molecular flexibility index (Phi) is 3.60. The number of benzene rings is 1. The topological polar surface area (TPSA) is 43.1 Å². The van der Waals surface area contributed by atoms with Crippen molar-refractivity contribution in [3.05, 3.63) is 47.5 Å². The summed E-state index contributed by atoms with van der Waals surface area (Å²) in [7, 11) is 0. The second kappa shape index (κ2) is 4.72. The van der Waals surface area contributed by atoms with Crippen LogP contribution in [0.4, 0.5) is 0 Å². The van der Waals surface area contributed by atoms with E-state index in [-0.39, 0.29) is 5.78 Å². The second-order valence-electron chi connectivity index (χ2n) is 3.46. The molecular formula is C12H15NO. The van der Waals surface area contributed by atoms with E-state index in [2.05, 4.69) is 6.58 Å². The molecule has 0 amide bonds. The van der Waals surface area contributed by atoms with Crippen LogP contribution >= 0.6 is 0 Å². The lowest BCUT2D eigenvalue weighted by Crippen LogP contribution is -2.01. The van der Waals surface area contributed by atoms with Gasteiger partial charge in [0.15, 0.2) is 5.78 Å². The Hall–Kier alpha value is -1.41. The Morgan fingerprint density at radius 1 is 1.36 bits per heavy atom. The third kappa shape index (κ3) is 2.82. The molecule has 0 fully saturated rings. The summed E-state index contributed by atoms with van der Waals surface area (Å²) in [6, 6.07) is 7.39. The van der Waals surface area contributed by atoms with Crippen LogP contribution in [0.5, 0.6) is 0 Å². The molecule has 0 aliphatic heterocycles. The molecule has 1 rings (SSSR count). The Morgan fingerprint density at radius 2 is 1.93 bits per heavy atom. The normalized spacial score (nSPS) is 9.86. The zero-order valence-electron chi connectivity index (χ0n) is 8.42. The Morgan fingerprint density at radius 3 is 2.36 bits per heavy atom. The highest BCUT2D eigenvalue weighted by atomic mass is 16.1. The van der Waals surface area contributed by atoms with Crippen LogP contribution < -0.4 is 5.73 Å². The quantitative estimate of drug-likeness (QED) is 0.583. The number of allylic oxidation sites excluding steroid dienone is 1. The summed E-state index contributed by atoms with van der Waals surface area (Å²) in [5.74, 6) is 0.112. The van der Waals surface area contributed by atoms with Crippen molar-refractivity contribution < 1.29 is 4.79 Å². The molecule has 0 atom stereocenters. The molecule has 0 aromatic heterocycles. The van der Waals surface area contributed by atoms with Gasteiger partial charge in [0.25, 0.3) is 0 Å². The van der Waals surface area contributed by atoms with Gasteiger partial charge in [-0.25, -0.2) is 0 Å². The highest BCUT2D eigenvalue weighted by Crippen LogP contribution is 2.09. The molecule has 0 radical (unpaired) electrons. The average molecular weight is 189 g/mol. The maximum Gasteiger partial charge on any atom is 0.166 e. The van der Waals surface area contributed by atoms with E-state index in [0.29, 0.717) is 13.0 Å². The van der Waals surface area contributed by atoms with Gasteiger partial charge in [0.2, 0.25) is 0 Å². The van der Waals surface area contributed by atoms with Crippen molar-refractivity contribution in [2.24, 2.45) is 5.73 Å². The van der Waals surface area contributed by atoms with E-state index in [0.717, 1.165) is 16.7 Å². The Bertz CT molecular complexity index is 338. The molecule has 0 bridgehead atoms. The molecule has 0 spiro atoms. The summed E-state index contributed by atoms with van der Waals surface area (Å²) in [5, 5.41) is 0. The first-order valence-corrected chi connectivity index (χ1v) is 4.60. The van der Waals surface area contributed by atoms with E-state index in [4.69, 9.17) is 5.73 Å². The number of rotatable bonds is 4. The second-order valence-corrected chi connectivity index (χ2v) is 3.46. The van der Waals surface area contributed by atoms with Crippen LogP contribution in [0.25, 0.3) is 0 Å². The number of carbonyl (C=O) groups excluding carboxylic acids is 1. The first-order valence-electron chi connectivity index (χ1n) is 4.60. The van der Waals surface area contributed by atoms with E-state index < -0.39 is 0 Å². The Balaban J connectivity index is 2.76. The van der Waals surface area contributed by atoms with Crippen LogP contribution in [-0.4, -0.2) is 5.78 Å². The number of hydrogen-bond donors (Lipinski definition) is 1. The number of carbonyl (C=O) groups is 1. The maximum absolute atomic E-state index is 11.6. The van der Waals surface area contributed by atoms with E-state index in [1.165, 1.54) is 0 Å². The monoisotopic (exact) mass is 189 g/mol. The summed E-state index contributed by atoms with van der Waals surface area (Å²) in [4.78, 5) is 11.6. The van der Waals surface area contributed by atoms with Gasteiger partial charge < -0.3 is 5.73 Å². The minimum Gasteiger partial charge on any atom is -0.326 e. The molecule has 2 nitrogen and oxygen atoms in total. The van der Waals surface area contributed by atoms with Gasteiger partial charge in [0.05, 0.1) is 0 Å². The van der Waals surface area contributed by atoms with Gasteiger partial charge in [-0.2, -0.15) is 0 Å². The molecule has 0 heterocycles. The van der Waals surface area contributed by atoms with Gasteiger partial charge in [-0.15, -0.1) is 0 Å². The minimum atomic E-state index is 0.112. The van der Waals surface area contributed by atoms with Crippen LogP contribution in [0, 0.1) is 0 Å². The molecule has 2 heteroatoms. The van der Waals surface area contributed by atoms with E-state index >= 15 is 0 Å². The van der Waals surface area contributed by atoms with E-state index in [1.807, 2.05) is 31.2 Å². The molecule has 0 unspecified atom stereocenters. The van der Waals surface area contributed by atoms with Crippen molar-refractivity contribution in [1.82, 2.24) is 0 Å². The zero-order valence-corrected chi connectivity index (χ0v) is 8.42. The molecular weight excluding hydrogens is 174 g/mol. The molecule has 74 valence electrons. The molecule has 0 aliphatic carbocycles. The lowest BCUT2D eigenvalue weighted by molar-refractivity contribution is 0.0993. The van der Waals surface area contributed by atoms with Crippen LogP contribution in [0.1, 0.15) is 29.3 Å². The molecule has 2 N–H and O–H groups in total. The van der Waals surface area contributed by atoms with Crippen molar-refractivity contribution in [1.29, 1.82) is 0 Å². The van der Waals surface area contributed by atoms with E-state index in [9.17, 15) is 4.79 Å². The van der Waals surface area contributed by atoms with Crippen molar-refractivity contribution >= 4 is 5.78 Å². The fourth-order valence-corrected chi connectivity index (χ4v) is 1.20. The maximum atomic E-state index is 11.6. The first-order chi connectivity index (χ1) is 6.63. The first kappa shape index (κ1) is 10.7. The SMILES string of the molecule is C=C(C)CC(=O)c1ccc(CN)cc1. The fraction of sp³-hybridized carbons (Fsp3) is 0.250. The fourth-order valence-electron chi connectivity index (χ4n) is 1.20. The van der Waals surface area contributed by atoms with Crippen molar-refractivity contribution in [2.75, 3.05) is 0 Å². The highest BCUT2D eigenvalue weighted by Gasteiger charge is 2.04. The standard InChI is InChI=1S/C12H15NO/c1-9(2)7-12(14)11-5-3-10(8-13)4-6-11/h3-6H,1,7-8,13H2,2H3. The minimum absolute atomic E-state index is 0.112. The third-order valence-corrected chi connectivity index (χ3v) is 1.97. The predicted octanol–water partition coefficient (Wildman–Crippen LogP) is 2.29. The largest absolute Gasteiger partial charge is 0.326 e. The zero-order chi connectivity index (χ0) is 10.6. The van der Waals surface area contributed by atoms with Crippen molar-refractivity contribution in [2.45, 2.75) is 19.9 Å². The van der Waals surface area contributed by atoms with Gasteiger partial charge >= 0.3 is 0 Å². The number of hydrogen-bond acceptors (Lipinski definition) is 2. The summed E-state index contributed by atoms with van der Waals surface area (Å²) in [6.07, 6.45) is 0.419. The third-order valence-electron chi connectivity index (χ3n) is 1.97. The number of nitrogens with two attached hydrogens (primary N) is 1. The lowest BCUT2D eigenvalue weighted by Gasteiger charge is -2.01. The summed E-state index contributed by atoms with van der Waals surface area (Å²) < 4.78 is 0. The van der Waals surface area contributed by atoms with E-state index in [1.54, 1.807) is 0 Å². The summed E-state index contributed by atoms with van der Waals surface area (Å²) >= 11 is 0. The number of ketones is 1. The van der Waals surface area contributed by atoms with Crippen LogP contribution in [0.15, 0.2) is 36.4 Å². The average Bonchev–Trinajstić information content (AvgIpc) is 2.17. The molecule has 14 heavy (non-hydrogen) atoms. The van der Waals surface area contributed by atoms with Crippen LogP contribution in [0.3, 0.4) is 0 Å². The molecule has 0 aliphatic rings. The summed E-state index contributed by atoms with van der Waals surface area (Å²) in [6.45, 7) is 6.08. The number of Topliss-reactive ketones (excluding diaryl/α,β-unsaturated/α-hetero) is 1.